The molecule has 0 aliphatic carbocycles. The molecule has 31 heavy (non-hydrogen) atoms. The van der Waals surface area contributed by atoms with E-state index in [-0.39, 0.29) is 11.7 Å². The Balaban J connectivity index is 1.91. The number of carbonyl (C=O) groups is 1. The fraction of sp³-hybridized carbons (Fsp3) is 0.0800. The molecule has 0 unspecified atom stereocenters. The molecule has 6 heteroatoms. The van der Waals surface area contributed by atoms with Crippen LogP contribution in [0.5, 0.6) is 11.5 Å². The van der Waals surface area contributed by atoms with Gasteiger partial charge in [0.15, 0.2) is 0 Å². The van der Waals surface area contributed by atoms with E-state index in [2.05, 4.69) is 0 Å². The van der Waals surface area contributed by atoms with Crippen LogP contribution in [0, 0.1) is 5.82 Å². The van der Waals surface area contributed by atoms with Gasteiger partial charge in [0.2, 0.25) is 0 Å². The number of rotatable bonds is 6. The van der Waals surface area contributed by atoms with Crippen LogP contribution in [-0.4, -0.2) is 20.1 Å². The summed E-state index contributed by atoms with van der Waals surface area (Å²) in [7, 11) is 3.18. The second kappa shape index (κ2) is 9.02. The average Bonchev–Trinajstić information content (AvgIpc) is 3.35. The number of ether oxygens (including phenoxy) is 2. The number of anilines is 2. The van der Waals surface area contributed by atoms with Crippen molar-refractivity contribution in [1.29, 1.82) is 0 Å². The van der Waals surface area contributed by atoms with E-state index in [9.17, 15) is 9.18 Å². The number of hydrogen-bond acceptors (Lipinski definition) is 4. The molecule has 3 aromatic carbocycles. The number of halogens is 1. The Morgan fingerprint density at radius 3 is 2.16 bits per heavy atom. The van der Waals surface area contributed by atoms with Gasteiger partial charge in [-0.1, -0.05) is 18.2 Å². The highest BCUT2D eigenvalue weighted by molar-refractivity contribution is 7.12. The Labute approximate surface area is 184 Å². The zero-order chi connectivity index (χ0) is 21.8. The third-order valence-electron chi connectivity index (χ3n) is 4.87. The maximum absolute atomic E-state index is 13.6. The van der Waals surface area contributed by atoms with Crippen molar-refractivity contribution in [2.45, 2.75) is 0 Å². The van der Waals surface area contributed by atoms with Crippen LogP contribution in [-0.2, 0) is 0 Å². The molecule has 1 aromatic heterocycles. The summed E-state index contributed by atoms with van der Waals surface area (Å²) in [4.78, 5) is 15.8. The summed E-state index contributed by atoms with van der Waals surface area (Å²) in [6.45, 7) is 0. The first-order valence-corrected chi connectivity index (χ1v) is 10.4. The van der Waals surface area contributed by atoms with Gasteiger partial charge >= 0.3 is 0 Å². The molecule has 0 saturated heterocycles. The van der Waals surface area contributed by atoms with Gasteiger partial charge in [0.05, 0.1) is 24.8 Å². The number of carbonyl (C=O) groups excluding carboxylic acids is 1. The van der Waals surface area contributed by atoms with E-state index in [0.29, 0.717) is 27.8 Å². The van der Waals surface area contributed by atoms with Crippen molar-refractivity contribution in [2.24, 2.45) is 0 Å². The quantitative estimate of drug-likeness (QED) is 0.346. The zero-order valence-corrected chi connectivity index (χ0v) is 17.9. The lowest BCUT2D eigenvalue weighted by Crippen LogP contribution is -2.25. The molecule has 0 N–H and O–H groups in total. The van der Waals surface area contributed by atoms with Gasteiger partial charge in [0.25, 0.3) is 5.91 Å². The summed E-state index contributed by atoms with van der Waals surface area (Å²) in [5.41, 5.74) is 2.87. The lowest BCUT2D eigenvalue weighted by atomic mass is 10.0. The van der Waals surface area contributed by atoms with E-state index >= 15 is 0 Å². The van der Waals surface area contributed by atoms with E-state index in [1.807, 2.05) is 47.8 Å². The molecule has 0 fully saturated rings. The zero-order valence-electron chi connectivity index (χ0n) is 17.0. The SMILES string of the molecule is COc1ccc(N(C(=O)c2cccs2)c2ccc(OC)cc2-c2ccc(F)cc2)cc1. The van der Waals surface area contributed by atoms with Crippen LogP contribution in [0.25, 0.3) is 11.1 Å². The monoisotopic (exact) mass is 433 g/mol. The molecule has 0 atom stereocenters. The van der Waals surface area contributed by atoms with Gasteiger partial charge in [-0.25, -0.2) is 4.39 Å². The van der Waals surface area contributed by atoms with Crippen molar-refractivity contribution >= 4 is 28.6 Å². The predicted octanol–water partition coefficient (Wildman–Crippen LogP) is 6.55. The molecular weight excluding hydrogens is 413 g/mol. The third-order valence-corrected chi connectivity index (χ3v) is 5.72. The molecule has 0 aliphatic rings. The summed E-state index contributed by atoms with van der Waals surface area (Å²) in [6, 6.07) is 22.6. The van der Waals surface area contributed by atoms with Gasteiger partial charge in [-0.2, -0.15) is 0 Å². The van der Waals surface area contributed by atoms with E-state index in [1.165, 1.54) is 23.5 Å². The van der Waals surface area contributed by atoms with Gasteiger partial charge in [-0.3, -0.25) is 9.69 Å². The number of hydrogen-bond donors (Lipinski definition) is 0. The van der Waals surface area contributed by atoms with E-state index in [0.717, 1.165) is 11.1 Å². The highest BCUT2D eigenvalue weighted by atomic mass is 32.1. The minimum absolute atomic E-state index is 0.159. The van der Waals surface area contributed by atoms with Crippen molar-refractivity contribution in [3.05, 3.63) is 94.9 Å². The standard InChI is InChI=1S/C25H20FNO3S/c1-29-20-11-9-19(10-12-20)27(25(28)24-4-3-15-31-24)23-14-13-21(30-2)16-22(23)17-5-7-18(26)8-6-17/h3-16H,1-2H3. The molecule has 1 amide bonds. The second-order valence-electron chi connectivity index (χ2n) is 6.71. The maximum Gasteiger partial charge on any atom is 0.272 e. The normalized spacial score (nSPS) is 10.5. The highest BCUT2D eigenvalue weighted by Gasteiger charge is 2.24. The number of benzene rings is 3. The van der Waals surface area contributed by atoms with E-state index in [1.54, 1.807) is 43.4 Å². The second-order valence-corrected chi connectivity index (χ2v) is 7.65. The Morgan fingerprint density at radius 2 is 1.55 bits per heavy atom. The fourth-order valence-corrected chi connectivity index (χ4v) is 3.96. The molecule has 4 rings (SSSR count). The van der Waals surface area contributed by atoms with Gasteiger partial charge in [-0.15, -0.1) is 11.3 Å². The third kappa shape index (κ3) is 4.29. The maximum atomic E-state index is 13.6. The molecule has 0 saturated carbocycles. The molecule has 0 spiro atoms. The number of nitrogens with zero attached hydrogens (tertiary/aromatic N) is 1. The Hall–Kier alpha value is -3.64. The Morgan fingerprint density at radius 1 is 0.871 bits per heavy atom. The molecule has 156 valence electrons. The largest absolute Gasteiger partial charge is 0.497 e. The van der Waals surface area contributed by atoms with Gasteiger partial charge in [0, 0.05) is 11.3 Å². The first-order valence-electron chi connectivity index (χ1n) is 9.56. The van der Waals surface area contributed by atoms with E-state index < -0.39 is 0 Å². The molecule has 4 aromatic rings. The molecule has 0 bridgehead atoms. The molecule has 4 nitrogen and oxygen atoms in total. The van der Waals surface area contributed by atoms with Crippen LogP contribution in [0.15, 0.2) is 84.2 Å². The Kier molecular flexibility index (Phi) is 6.00. The smallest absolute Gasteiger partial charge is 0.272 e. The van der Waals surface area contributed by atoms with Crippen molar-refractivity contribution in [3.63, 3.8) is 0 Å². The molecule has 1 heterocycles. The van der Waals surface area contributed by atoms with Crippen LogP contribution >= 0.6 is 11.3 Å². The number of methoxy groups -OCH3 is 2. The fourth-order valence-electron chi connectivity index (χ4n) is 3.31. The van der Waals surface area contributed by atoms with Crippen molar-refractivity contribution < 1.29 is 18.7 Å². The molecule has 0 radical (unpaired) electrons. The van der Waals surface area contributed by atoms with Crippen molar-refractivity contribution in [2.75, 3.05) is 19.1 Å². The average molecular weight is 434 g/mol. The Bertz CT molecular complexity index is 1170. The van der Waals surface area contributed by atoms with Gasteiger partial charge < -0.3 is 9.47 Å². The van der Waals surface area contributed by atoms with Crippen LogP contribution in [0.2, 0.25) is 0 Å². The first kappa shape index (κ1) is 20.6. The number of thiophene rings is 1. The summed E-state index contributed by atoms with van der Waals surface area (Å²) < 4.78 is 24.2. The summed E-state index contributed by atoms with van der Waals surface area (Å²) in [5.74, 6) is 0.852. The van der Waals surface area contributed by atoms with Crippen molar-refractivity contribution in [1.82, 2.24) is 0 Å². The molecule has 0 aliphatic heterocycles. The summed E-state index contributed by atoms with van der Waals surface area (Å²) in [5, 5.41) is 1.87. The van der Waals surface area contributed by atoms with Gasteiger partial charge in [-0.05, 0) is 71.6 Å². The molecular formula is C25H20FNO3S. The summed E-state index contributed by atoms with van der Waals surface area (Å²) in [6.07, 6.45) is 0. The predicted molar refractivity (Wildman–Crippen MR) is 122 cm³/mol. The first-order chi connectivity index (χ1) is 15.1. The van der Waals surface area contributed by atoms with Crippen LogP contribution in [0.4, 0.5) is 15.8 Å². The van der Waals surface area contributed by atoms with Crippen LogP contribution in [0.3, 0.4) is 0 Å². The minimum Gasteiger partial charge on any atom is -0.497 e. The van der Waals surface area contributed by atoms with Crippen molar-refractivity contribution in [3.8, 4) is 22.6 Å². The lowest BCUT2D eigenvalue weighted by Gasteiger charge is -2.26. The summed E-state index contributed by atoms with van der Waals surface area (Å²) >= 11 is 1.38. The highest BCUT2D eigenvalue weighted by Crippen LogP contribution is 2.39. The topological polar surface area (TPSA) is 38.8 Å². The minimum atomic E-state index is -0.324. The number of amides is 1. The van der Waals surface area contributed by atoms with Crippen LogP contribution in [0.1, 0.15) is 9.67 Å². The van der Waals surface area contributed by atoms with E-state index in [4.69, 9.17) is 9.47 Å². The van der Waals surface area contributed by atoms with Gasteiger partial charge in [0.1, 0.15) is 17.3 Å². The lowest BCUT2D eigenvalue weighted by molar-refractivity contribution is 0.100. The van der Waals surface area contributed by atoms with Crippen LogP contribution < -0.4 is 14.4 Å².